The van der Waals surface area contributed by atoms with E-state index in [1.807, 2.05) is 11.9 Å². The first-order chi connectivity index (χ1) is 6.27. The Balaban J connectivity index is 2.81. The summed E-state index contributed by atoms with van der Waals surface area (Å²) < 4.78 is 0. The number of rotatable bonds is 4. The molecule has 1 rings (SSSR count). The molecule has 1 heterocycles. The van der Waals surface area contributed by atoms with Crippen LogP contribution in [0.5, 0.6) is 0 Å². The Bertz CT molecular complexity index is 288. The molecule has 0 aliphatic rings. The molecule has 1 aromatic heterocycles. The van der Waals surface area contributed by atoms with Gasteiger partial charge < -0.3 is 10.0 Å². The zero-order chi connectivity index (χ0) is 9.68. The number of aromatic nitrogens is 2. The number of hydrogen-bond donors (Lipinski definition) is 1. The van der Waals surface area contributed by atoms with E-state index in [9.17, 15) is 0 Å². The molecule has 0 aromatic carbocycles. The van der Waals surface area contributed by atoms with Gasteiger partial charge in [0.25, 0.3) is 0 Å². The van der Waals surface area contributed by atoms with E-state index in [1.165, 1.54) is 0 Å². The van der Waals surface area contributed by atoms with Crippen molar-refractivity contribution in [2.24, 2.45) is 0 Å². The molecule has 4 nitrogen and oxygen atoms in total. The van der Waals surface area contributed by atoms with Crippen LogP contribution in [0.25, 0.3) is 6.08 Å². The molecule has 1 aromatic rings. The van der Waals surface area contributed by atoms with E-state index in [1.54, 1.807) is 18.3 Å². The lowest BCUT2D eigenvalue weighted by Gasteiger charge is -2.16. The Labute approximate surface area is 77.6 Å². The molecule has 0 radical (unpaired) electrons. The molecule has 0 atom stereocenters. The molecule has 0 bridgehead atoms. The first-order valence-electron chi connectivity index (χ1n) is 4.05. The van der Waals surface area contributed by atoms with Crippen molar-refractivity contribution in [3.63, 3.8) is 0 Å². The predicted octanol–water partition coefficient (Wildman–Crippen LogP) is 0.548. The van der Waals surface area contributed by atoms with Gasteiger partial charge in [-0.15, -0.1) is 0 Å². The third-order valence-corrected chi connectivity index (χ3v) is 1.67. The minimum Gasteiger partial charge on any atom is -0.395 e. The Kier molecular flexibility index (Phi) is 3.40. The van der Waals surface area contributed by atoms with Crippen molar-refractivity contribution >= 4 is 11.9 Å². The molecule has 0 amide bonds. The van der Waals surface area contributed by atoms with Gasteiger partial charge in [-0.25, -0.2) is 9.97 Å². The number of nitrogens with zero attached hydrogens (tertiary/aromatic N) is 3. The van der Waals surface area contributed by atoms with Crippen molar-refractivity contribution in [2.75, 3.05) is 25.1 Å². The summed E-state index contributed by atoms with van der Waals surface area (Å²) in [4.78, 5) is 10.0. The Hall–Kier alpha value is -1.42. The van der Waals surface area contributed by atoms with E-state index in [-0.39, 0.29) is 6.61 Å². The molecule has 1 N–H and O–H groups in total. The highest BCUT2D eigenvalue weighted by Gasteiger charge is 2.01. The van der Waals surface area contributed by atoms with Crippen molar-refractivity contribution < 1.29 is 5.11 Å². The molecule has 13 heavy (non-hydrogen) atoms. The van der Waals surface area contributed by atoms with Gasteiger partial charge in [-0.2, -0.15) is 0 Å². The zero-order valence-electron chi connectivity index (χ0n) is 7.64. The molecule has 0 spiro atoms. The first-order valence-corrected chi connectivity index (χ1v) is 4.05. The monoisotopic (exact) mass is 179 g/mol. The fourth-order valence-electron chi connectivity index (χ4n) is 0.939. The average Bonchev–Trinajstić information content (AvgIpc) is 2.18. The van der Waals surface area contributed by atoms with Crippen LogP contribution in [0.2, 0.25) is 0 Å². The summed E-state index contributed by atoms with van der Waals surface area (Å²) in [5.74, 6) is 1.39. The van der Waals surface area contributed by atoms with Gasteiger partial charge >= 0.3 is 0 Å². The first kappa shape index (κ1) is 9.67. The quantitative estimate of drug-likeness (QED) is 0.733. The van der Waals surface area contributed by atoms with Crippen LogP contribution in [-0.4, -0.2) is 35.3 Å². The normalized spacial score (nSPS) is 9.69. The molecule has 0 aliphatic carbocycles. The minimum atomic E-state index is 0.115. The summed E-state index contributed by atoms with van der Waals surface area (Å²) in [5.41, 5.74) is 0. The third-order valence-electron chi connectivity index (χ3n) is 1.67. The van der Waals surface area contributed by atoms with Gasteiger partial charge in [0.15, 0.2) is 5.82 Å². The van der Waals surface area contributed by atoms with Crippen molar-refractivity contribution in [3.8, 4) is 0 Å². The molecule has 70 valence electrons. The summed E-state index contributed by atoms with van der Waals surface area (Å²) in [6.07, 6.45) is 3.27. The van der Waals surface area contributed by atoms with Crippen LogP contribution >= 0.6 is 0 Å². The standard InChI is InChI=1S/C9H13N3O/c1-3-8-10-5-4-9(11-8)12(2)6-7-13/h3-5,13H,1,6-7H2,2H3. The smallest absolute Gasteiger partial charge is 0.153 e. The van der Waals surface area contributed by atoms with E-state index in [4.69, 9.17) is 5.11 Å². The van der Waals surface area contributed by atoms with Gasteiger partial charge in [0.1, 0.15) is 5.82 Å². The molecule has 4 heteroatoms. The van der Waals surface area contributed by atoms with Gasteiger partial charge in [0, 0.05) is 19.8 Å². The maximum atomic E-state index is 8.72. The van der Waals surface area contributed by atoms with Crippen LogP contribution in [0.4, 0.5) is 5.82 Å². The lowest BCUT2D eigenvalue weighted by atomic mass is 10.4. The SMILES string of the molecule is C=Cc1nccc(N(C)CCO)n1. The largest absolute Gasteiger partial charge is 0.395 e. The van der Waals surface area contributed by atoms with Crippen LogP contribution < -0.4 is 4.90 Å². The number of aliphatic hydroxyl groups is 1. The number of anilines is 1. The second-order valence-corrected chi connectivity index (χ2v) is 2.62. The van der Waals surface area contributed by atoms with Crippen LogP contribution in [0.1, 0.15) is 5.82 Å². The summed E-state index contributed by atoms with van der Waals surface area (Å²) in [6.45, 7) is 4.26. The summed E-state index contributed by atoms with van der Waals surface area (Å²) >= 11 is 0. The fourth-order valence-corrected chi connectivity index (χ4v) is 0.939. The van der Waals surface area contributed by atoms with Gasteiger partial charge in [-0.1, -0.05) is 6.58 Å². The molecule has 0 aliphatic heterocycles. The van der Waals surface area contributed by atoms with Crippen molar-refractivity contribution in [3.05, 3.63) is 24.7 Å². The highest BCUT2D eigenvalue weighted by Crippen LogP contribution is 2.07. The molecular formula is C9H13N3O. The molecule has 0 saturated carbocycles. The van der Waals surface area contributed by atoms with Crippen LogP contribution in [0.15, 0.2) is 18.8 Å². The van der Waals surface area contributed by atoms with E-state index >= 15 is 0 Å². The molecular weight excluding hydrogens is 166 g/mol. The summed E-state index contributed by atoms with van der Waals surface area (Å²) in [6, 6.07) is 1.79. The molecule has 0 unspecified atom stereocenters. The number of likely N-dealkylation sites (N-methyl/N-ethyl adjacent to an activating group) is 1. The number of hydrogen-bond acceptors (Lipinski definition) is 4. The average molecular weight is 179 g/mol. The van der Waals surface area contributed by atoms with Gasteiger partial charge in [0.05, 0.1) is 6.61 Å². The minimum absolute atomic E-state index is 0.115. The van der Waals surface area contributed by atoms with E-state index < -0.39 is 0 Å². The highest BCUT2D eigenvalue weighted by molar-refractivity contribution is 5.43. The Morgan fingerprint density at radius 2 is 2.46 bits per heavy atom. The Morgan fingerprint density at radius 1 is 1.69 bits per heavy atom. The molecule has 0 fully saturated rings. The summed E-state index contributed by atoms with van der Waals surface area (Å²) in [7, 11) is 1.87. The van der Waals surface area contributed by atoms with Gasteiger partial charge in [0.2, 0.25) is 0 Å². The van der Waals surface area contributed by atoms with Crippen molar-refractivity contribution in [2.45, 2.75) is 0 Å². The van der Waals surface area contributed by atoms with Crippen molar-refractivity contribution in [1.82, 2.24) is 9.97 Å². The topological polar surface area (TPSA) is 49.2 Å². The van der Waals surface area contributed by atoms with E-state index in [0.717, 1.165) is 5.82 Å². The number of aliphatic hydroxyl groups excluding tert-OH is 1. The Morgan fingerprint density at radius 3 is 3.08 bits per heavy atom. The maximum absolute atomic E-state index is 8.72. The van der Waals surface area contributed by atoms with Crippen LogP contribution in [-0.2, 0) is 0 Å². The van der Waals surface area contributed by atoms with Gasteiger partial charge in [-0.3, -0.25) is 0 Å². The van der Waals surface area contributed by atoms with Gasteiger partial charge in [-0.05, 0) is 12.1 Å². The highest BCUT2D eigenvalue weighted by atomic mass is 16.3. The zero-order valence-corrected chi connectivity index (χ0v) is 7.64. The van der Waals surface area contributed by atoms with E-state index in [2.05, 4.69) is 16.5 Å². The van der Waals surface area contributed by atoms with Crippen molar-refractivity contribution in [1.29, 1.82) is 0 Å². The maximum Gasteiger partial charge on any atom is 0.153 e. The second-order valence-electron chi connectivity index (χ2n) is 2.62. The van der Waals surface area contributed by atoms with E-state index in [0.29, 0.717) is 12.4 Å². The predicted molar refractivity (Wildman–Crippen MR) is 52.5 cm³/mol. The van der Waals surface area contributed by atoms with Crippen LogP contribution in [0, 0.1) is 0 Å². The van der Waals surface area contributed by atoms with Crippen LogP contribution in [0.3, 0.4) is 0 Å². The second kappa shape index (κ2) is 4.57. The lowest BCUT2D eigenvalue weighted by Crippen LogP contribution is -2.22. The molecule has 0 saturated heterocycles. The third kappa shape index (κ3) is 2.52. The summed E-state index contributed by atoms with van der Waals surface area (Å²) in [5, 5.41) is 8.72. The lowest BCUT2D eigenvalue weighted by molar-refractivity contribution is 0.304. The fraction of sp³-hybridized carbons (Fsp3) is 0.333.